The van der Waals surface area contributed by atoms with E-state index in [0.29, 0.717) is 13.0 Å². The molecule has 0 bridgehead atoms. The van der Waals surface area contributed by atoms with Crippen LogP contribution < -0.4 is 5.56 Å². The fourth-order valence-electron chi connectivity index (χ4n) is 1.71. The van der Waals surface area contributed by atoms with Crippen molar-refractivity contribution < 1.29 is 9.90 Å². The summed E-state index contributed by atoms with van der Waals surface area (Å²) < 4.78 is 3.13. The molecule has 18 heavy (non-hydrogen) atoms. The maximum absolute atomic E-state index is 11.6. The second-order valence-corrected chi connectivity index (χ2v) is 3.95. The summed E-state index contributed by atoms with van der Waals surface area (Å²) in [6.07, 6.45) is 3.67. The number of carbonyl (C=O) groups is 1. The third-order valence-electron chi connectivity index (χ3n) is 2.76. The van der Waals surface area contributed by atoms with Crippen molar-refractivity contribution in [2.24, 2.45) is 7.05 Å². The van der Waals surface area contributed by atoms with E-state index in [9.17, 15) is 9.59 Å². The van der Waals surface area contributed by atoms with E-state index in [4.69, 9.17) is 5.11 Å². The molecule has 6 nitrogen and oxygen atoms in total. The number of aromatic nitrogens is 3. The van der Waals surface area contributed by atoms with Crippen LogP contribution in [-0.4, -0.2) is 25.4 Å². The highest BCUT2D eigenvalue weighted by Crippen LogP contribution is 2.01. The minimum Gasteiger partial charge on any atom is -0.478 e. The Morgan fingerprint density at radius 3 is 2.78 bits per heavy atom. The number of rotatable bonds is 4. The van der Waals surface area contributed by atoms with Crippen LogP contribution in [0.1, 0.15) is 16.1 Å². The summed E-state index contributed by atoms with van der Waals surface area (Å²) in [5.41, 5.74) is 0.893. The number of carboxylic acids is 1. The van der Waals surface area contributed by atoms with Crippen LogP contribution in [-0.2, 0) is 20.0 Å². The molecule has 2 heterocycles. The summed E-state index contributed by atoms with van der Waals surface area (Å²) in [6.45, 7) is 0.430. The molecule has 0 unspecified atom stereocenters. The summed E-state index contributed by atoms with van der Waals surface area (Å²) >= 11 is 0. The van der Waals surface area contributed by atoms with E-state index in [2.05, 4.69) is 5.10 Å². The number of pyridine rings is 1. The Morgan fingerprint density at radius 1 is 1.39 bits per heavy atom. The second-order valence-electron chi connectivity index (χ2n) is 3.95. The van der Waals surface area contributed by atoms with Gasteiger partial charge in [0.15, 0.2) is 0 Å². The highest BCUT2D eigenvalue weighted by atomic mass is 16.4. The monoisotopic (exact) mass is 247 g/mol. The van der Waals surface area contributed by atoms with E-state index >= 15 is 0 Å². The van der Waals surface area contributed by atoms with Gasteiger partial charge in [-0.2, -0.15) is 5.10 Å². The number of hydrogen-bond acceptors (Lipinski definition) is 3. The zero-order valence-electron chi connectivity index (χ0n) is 9.91. The van der Waals surface area contributed by atoms with Crippen molar-refractivity contribution in [1.29, 1.82) is 0 Å². The van der Waals surface area contributed by atoms with E-state index in [1.807, 2.05) is 13.1 Å². The molecule has 0 radical (unpaired) electrons. The van der Waals surface area contributed by atoms with E-state index in [1.165, 1.54) is 22.9 Å². The van der Waals surface area contributed by atoms with E-state index < -0.39 is 5.97 Å². The molecule has 2 aromatic heterocycles. The average Bonchev–Trinajstić information content (AvgIpc) is 2.73. The molecule has 0 saturated carbocycles. The summed E-state index contributed by atoms with van der Waals surface area (Å²) in [6, 6.07) is 4.45. The van der Waals surface area contributed by atoms with Crippen LogP contribution >= 0.6 is 0 Å². The van der Waals surface area contributed by atoms with E-state index in [0.717, 1.165) is 5.69 Å². The van der Waals surface area contributed by atoms with Crippen molar-refractivity contribution in [3.63, 3.8) is 0 Å². The van der Waals surface area contributed by atoms with Crippen molar-refractivity contribution in [1.82, 2.24) is 14.3 Å². The van der Waals surface area contributed by atoms with Crippen LogP contribution in [0.4, 0.5) is 0 Å². The molecule has 6 heteroatoms. The predicted molar refractivity (Wildman–Crippen MR) is 64.6 cm³/mol. The Kier molecular flexibility index (Phi) is 3.27. The molecular weight excluding hydrogens is 234 g/mol. The fraction of sp³-hybridized carbons (Fsp3) is 0.250. The Hall–Kier alpha value is -2.37. The lowest BCUT2D eigenvalue weighted by Crippen LogP contribution is -2.21. The van der Waals surface area contributed by atoms with Crippen molar-refractivity contribution >= 4 is 5.97 Å². The van der Waals surface area contributed by atoms with Crippen LogP contribution in [0.15, 0.2) is 35.4 Å². The van der Waals surface area contributed by atoms with Crippen LogP contribution in [0.2, 0.25) is 0 Å². The molecule has 1 N–H and O–H groups in total. The first-order chi connectivity index (χ1) is 8.58. The maximum Gasteiger partial charge on any atom is 0.337 e. The fourth-order valence-corrected chi connectivity index (χ4v) is 1.71. The van der Waals surface area contributed by atoms with Crippen molar-refractivity contribution in [3.8, 4) is 0 Å². The molecule has 0 amide bonds. The normalized spacial score (nSPS) is 10.5. The van der Waals surface area contributed by atoms with Crippen LogP contribution in [0.25, 0.3) is 0 Å². The average molecular weight is 247 g/mol. The summed E-state index contributed by atoms with van der Waals surface area (Å²) in [5.74, 6) is -1.04. The zero-order valence-corrected chi connectivity index (χ0v) is 9.91. The third kappa shape index (κ3) is 2.48. The molecule has 0 atom stereocenters. The second kappa shape index (κ2) is 4.87. The summed E-state index contributed by atoms with van der Waals surface area (Å²) in [7, 11) is 1.83. The molecular formula is C12H13N3O3. The smallest absolute Gasteiger partial charge is 0.337 e. The molecule has 0 aliphatic heterocycles. The number of hydrogen-bond donors (Lipinski definition) is 1. The first-order valence-corrected chi connectivity index (χ1v) is 5.48. The minimum atomic E-state index is -1.04. The van der Waals surface area contributed by atoms with Crippen LogP contribution in [0.3, 0.4) is 0 Å². The SMILES string of the molecule is Cn1nccc1CCn1cc(C(=O)O)ccc1=O. The number of nitrogens with zero attached hydrogens (tertiary/aromatic N) is 3. The van der Waals surface area contributed by atoms with Gasteiger partial charge >= 0.3 is 5.97 Å². The zero-order chi connectivity index (χ0) is 13.1. The van der Waals surface area contributed by atoms with Gasteiger partial charge in [-0.3, -0.25) is 9.48 Å². The standard InChI is InChI=1S/C12H13N3O3/c1-14-10(4-6-13-14)5-7-15-8-9(12(17)18)2-3-11(15)16/h2-4,6,8H,5,7H2,1H3,(H,17,18). The number of aryl methyl sites for hydroxylation is 3. The topological polar surface area (TPSA) is 77.1 Å². The van der Waals surface area contributed by atoms with Crippen molar-refractivity contribution in [3.05, 3.63) is 52.2 Å². The molecule has 0 aliphatic rings. The van der Waals surface area contributed by atoms with Gasteiger partial charge in [0, 0.05) is 44.2 Å². The Balaban J connectivity index is 2.19. The Morgan fingerprint density at radius 2 is 2.17 bits per heavy atom. The van der Waals surface area contributed by atoms with Gasteiger partial charge < -0.3 is 9.67 Å². The van der Waals surface area contributed by atoms with Crippen molar-refractivity contribution in [2.75, 3.05) is 0 Å². The first-order valence-electron chi connectivity index (χ1n) is 5.48. The molecule has 0 spiro atoms. The third-order valence-corrected chi connectivity index (χ3v) is 2.76. The molecule has 0 fully saturated rings. The van der Waals surface area contributed by atoms with Gasteiger partial charge in [-0.25, -0.2) is 4.79 Å². The molecule has 0 saturated heterocycles. The Labute approximate surface area is 103 Å². The van der Waals surface area contributed by atoms with E-state index in [1.54, 1.807) is 10.9 Å². The minimum absolute atomic E-state index is 0.111. The lowest BCUT2D eigenvalue weighted by atomic mass is 10.2. The molecule has 2 aromatic rings. The van der Waals surface area contributed by atoms with E-state index in [-0.39, 0.29) is 11.1 Å². The highest BCUT2D eigenvalue weighted by Gasteiger charge is 2.06. The number of aromatic carboxylic acids is 1. The van der Waals surface area contributed by atoms with Gasteiger partial charge in [0.2, 0.25) is 0 Å². The van der Waals surface area contributed by atoms with Crippen LogP contribution in [0, 0.1) is 0 Å². The first kappa shape index (κ1) is 12.1. The number of carboxylic acid groups (broad SMARTS) is 1. The van der Waals surface area contributed by atoms with Crippen LogP contribution in [0.5, 0.6) is 0 Å². The predicted octanol–water partition coefficient (Wildman–Crippen LogP) is 0.523. The molecule has 0 aliphatic carbocycles. The lowest BCUT2D eigenvalue weighted by molar-refractivity contribution is 0.0696. The summed E-state index contributed by atoms with van der Waals surface area (Å²) in [4.78, 5) is 22.4. The summed E-state index contributed by atoms with van der Waals surface area (Å²) in [5, 5.41) is 12.9. The molecule has 2 rings (SSSR count). The molecule has 0 aromatic carbocycles. The largest absolute Gasteiger partial charge is 0.478 e. The van der Waals surface area contributed by atoms with Gasteiger partial charge in [-0.05, 0) is 12.1 Å². The van der Waals surface area contributed by atoms with Crippen molar-refractivity contribution in [2.45, 2.75) is 13.0 Å². The molecule has 94 valence electrons. The highest BCUT2D eigenvalue weighted by molar-refractivity contribution is 5.87. The quantitative estimate of drug-likeness (QED) is 0.854. The maximum atomic E-state index is 11.6. The van der Waals surface area contributed by atoms with Gasteiger partial charge in [-0.15, -0.1) is 0 Å². The van der Waals surface area contributed by atoms with Gasteiger partial charge in [0.1, 0.15) is 0 Å². The lowest BCUT2D eigenvalue weighted by Gasteiger charge is -2.06. The Bertz CT molecular complexity index is 627. The van der Waals surface area contributed by atoms with Gasteiger partial charge in [-0.1, -0.05) is 0 Å². The van der Waals surface area contributed by atoms with Gasteiger partial charge in [0.05, 0.1) is 5.56 Å². The van der Waals surface area contributed by atoms with Gasteiger partial charge in [0.25, 0.3) is 5.56 Å².